The molecule has 3 nitrogen and oxygen atoms in total. The quantitative estimate of drug-likeness (QED) is 0.585. The van der Waals surface area contributed by atoms with Crippen LogP contribution in [-0.2, 0) is 4.79 Å². The molecule has 1 rings (SSSR count). The van der Waals surface area contributed by atoms with Crippen molar-refractivity contribution in [2.45, 2.75) is 83.2 Å². The topological polar surface area (TPSA) is 57.5 Å². The van der Waals surface area contributed by atoms with Crippen molar-refractivity contribution in [1.82, 2.24) is 0 Å². The molecule has 0 aromatic heterocycles. The Morgan fingerprint density at radius 2 is 1.56 bits per heavy atom. The number of aliphatic carboxylic acids is 1. The summed E-state index contributed by atoms with van der Waals surface area (Å²) in [6, 6.07) is 0. The minimum Gasteiger partial charge on any atom is -0.481 e. The van der Waals surface area contributed by atoms with E-state index < -0.39 is 11.6 Å². The van der Waals surface area contributed by atoms with Crippen LogP contribution in [0, 0.1) is 5.92 Å². The second-order valence-electron chi connectivity index (χ2n) is 5.89. The highest BCUT2D eigenvalue weighted by atomic mass is 16.4. The van der Waals surface area contributed by atoms with Crippen molar-refractivity contribution in [1.29, 1.82) is 0 Å². The Morgan fingerprint density at radius 1 is 1.06 bits per heavy atom. The predicted octanol–water partition coefficient (Wildman–Crippen LogP) is 3.74. The summed E-state index contributed by atoms with van der Waals surface area (Å²) in [5.41, 5.74) is -0.661. The van der Waals surface area contributed by atoms with E-state index in [4.69, 9.17) is 5.11 Å². The first-order valence-corrected chi connectivity index (χ1v) is 7.52. The molecule has 0 amide bonds. The van der Waals surface area contributed by atoms with Gasteiger partial charge in [-0.05, 0) is 19.3 Å². The summed E-state index contributed by atoms with van der Waals surface area (Å²) in [6.07, 6.45) is 11.8. The van der Waals surface area contributed by atoms with Crippen LogP contribution in [0.15, 0.2) is 0 Å². The van der Waals surface area contributed by atoms with E-state index in [1.54, 1.807) is 0 Å². The minimum absolute atomic E-state index is 0.302. The third kappa shape index (κ3) is 5.38. The molecule has 3 heteroatoms. The first kappa shape index (κ1) is 15.5. The molecule has 1 aliphatic carbocycles. The van der Waals surface area contributed by atoms with Gasteiger partial charge in [0.05, 0.1) is 11.5 Å². The van der Waals surface area contributed by atoms with Gasteiger partial charge in [-0.2, -0.15) is 0 Å². The Hall–Kier alpha value is -0.570. The van der Waals surface area contributed by atoms with E-state index >= 15 is 0 Å². The maximum atomic E-state index is 10.7. The van der Waals surface area contributed by atoms with Gasteiger partial charge in [0.25, 0.3) is 0 Å². The van der Waals surface area contributed by atoms with Crippen LogP contribution in [-0.4, -0.2) is 21.8 Å². The van der Waals surface area contributed by atoms with Gasteiger partial charge < -0.3 is 10.2 Å². The van der Waals surface area contributed by atoms with Crippen LogP contribution in [0.3, 0.4) is 0 Å². The highest BCUT2D eigenvalue weighted by Gasteiger charge is 2.45. The summed E-state index contributed by atoms with van der Waals surface area (Å²) in [5, 5.41) is 18.8. The smallest absolute Gasteiger partial charge is 0.306 e. The maximum Gasteiger partial charge on any atom is 0.306 e. The molecule has 0 saturated heterocycles. The highest BCUT2D eigenvalue weighted by molar-refractivity contribution is 5.71. The van der Waals surface area contributed by atoms with Crippen LogP contribution in [0.5, 0.6) is 0 Å². The summed E-state index contributed by atoms with van der Waals surface area (Å²) in [4.78, 5) is 10.7. The van der Waals surface area contributed by atoms with Crippen LogP contribution < -0.4 is 0 Å². The van der Waals surface area contributed by atoms with Gasteiger partial charge in [-0.25, -0.2) is 0 Å². The van der Waals surface area contributed by atoms with E-state index in [1.807, 2.05) is 0 Å². The van der Waals surface area contributed by atoms with Crippen molar-refractivity contribution in [2.24, 2.45) is 5.92 Å². The molecule has 1 aliphatic rings. The third-order valence-corrected chi connectivity index (χ3v) is 4.10. The van der Waals surface area contributed by atoms with Crippen molar-refractivity contribution in [2.75, 3.05) is 0 Å². The Kier molecular flexibility index (Phi) is 6.69. The van der Waals surface area contributed by atoms with Crippen LogP contribution in [0.2, 0.25) is 0 Å². The van der Waals surface area contributed by atoms with Crippen LogP contribution in [0.25, 0.3) is 0 Å². The molecule has 18 heavy (non-hydrogen) atoms. The largest absolute Gasteiger partial charge is 0.481 e. The molecule has 2 N–H and O–H groups in total. The molecular weight excluding hydrogens is 228 g/mol. The Morgan fingerprint density at radius 3 is 2.06 bits per heavy atom. The average molecular weight is 256 g/mol. The fourth-order valence-electron chi connectivity index (χ4n) is 2.82. The van der Waals surface area contributed by atoms with Crippen molar-refractivity contribution in [3.05, 3.63) is 0 Å². The van der Waals surface area contributed by atoms with Crippen molar-refractivity contribution in [3.8, 4) is 0 Å². The standard InChI is InChI=1S/C15H28O3/c1-2-3-4-5-6-7-8-9-10-15(18)11-13(12-15)14(16)17/h13,18H,2-12H2,1H3,(H,16,17). The zero-order valence-electron chi connectivity index (χ0n) is 11.7. The van der Waals surface area contributed by atoms with Gasteiger partial charge in [0.15, 0.2) is 0 Å². The number of hydrogen-bond donors (Lipinski definition) is 2. The lowest BCUT2D eigenvalue weighted by atomic mass is 9.68. The number of rotatable bonds is 10. The van der Waals surface area contributed by atoms with Gasteiger partial charge in [0.2, 0.25) is 0 Å². The summed E-state index contributed by atoms with van der Waals surface area (Å²) < 4.78 is 0. The van der Waals surface area contributed by atoms with E-state index in [0.717, 1.165) is 12.8 Å². The van der Waals surface area contributed by atoms with Gasteiger partial charge in [0, 0.05) is 0 Å². The number of carbonyl (C=O) groups is 1. The number of hydrogen-bond acceptors (Lipinski definition) is 2. The molecule has 0 heterocycles. The molecule has 0 aliphatic heterocycles. The van der Waals surface area contributed by atoms with Gasteiger partial charge in [-0.15, -0.1) is 0 Å². The fourth-order valence-corrected chi connectivity index (χ4v) is 2.82. The Balaban J connectivity index is 1.91. The second-order valence-corrected chi connectivity index (χ2v) is 5.89. The molecule has 0 aromatic carbocycles. The number of unbranched alkanes of at least 4 members (excludes halogenated alkanes) is 7. The maximum absolute atomic E-state index is 10.7. The molecule has 0 radical (unpaired) electrons. The Labute approximate surface area is 111 Å². The molecule has 0 atom stereocenters. The SMILES string of the molecule is CCCCCCCCCCC1(O)CC(C(=O)O)C1. The van der Waals surface area contributed by atoms with Gasteiger partial charge >= 0.3 is 5.97 Å². The molecule has 0 aromatic rings. The van der Waals surface area contributed by atoms with E-state index in [9.17, 15) is 9.90 Å². The molecule has 1 fully saturated rings. The molecule has 1 saturated carbocycles. The normalized spacial score (nSPS) is 26.9. The van der Waals surface area contributed by atoms with Crippen molar-refractivity contribution < 1.29 is 15.0 Å². The summed E-state index contributed by atoms with van der Waals surface area (Å²) in [7, 11) is 0. The van der Waals surface area contributed by atoms with E-state index in [-0.39, 0.29) is 5.92 Å². The Bertz CT molecular complexity index is 244. The van der Waals surface area contributed by atoms with E-state index in [2.05, 4.69) is 6.92 Å². The van der Waals surface area contributed by atoms with E-state index in [0.29, 0.717) is 12.8 Å². The summed E-state index contributed by atoms with van der Waals surface area (Å²) in [5.74, 6) is -1.06. The average Bonchev–Trinajstić information content (AvgIpc) is 2.29. The summed E-state index contributed by atoms with van der Waals surface area (Å²) >= 11 is 0. The lowest BCUT2D eigenvalue weighted by Gasteiger charge is -2.41. The highest BCUT2D eigenvalue weighted by Crippen LogP contribution is 2.41. The van der Waals surface area contributed by atoms with Crippen molar-refractivity contribution in [3.63, 3.8) is 0 Å². The number of aliphatic hydroxyl groups is 1. The monoisotopic (exact) mass is 256 g/mol. The first-order valence-electron chi connectivity index (χ1n) is 7.52. The third-order valence-electron chi connectivity index (χ3n) is 4.10. The predicted molar refractivity (Wildman–Crippen MR) is 72.5 cm³/mol. The molecule has 0 bridgehead atoms. The molecule has 0 unspecified atom stereocenters. The number of carboxylic acids is 1. The minimum atomic E-state index is -0.754. The molecular formula is C15H28O3. The number of carboxylic acid groups (broad SMARTS) is 1. The van der Waals surface area contributed by atoms with Crippen LogP contribution in [0.1, 0.15) is 77.6 Å². The van der Waals surface area contributed by atoms with Gasteiger partial charge in [0.1, 0.15) is 0 Å². The zero-order chi connectivity index (χ0) is 13.4. The fraction of sp³-hybridized carbons (Fsp3) is 0.933. The molecule has 106 valence electrons. The summed E-state index contributed by atoms with van der Waals surface area (Å²) in [6.45, 7) is 2.23. The first-order chi connectivity index (χ1) is 8.57. The zero-order valence-corrected chi connectivity index (χ0v) is 11.7. The lowest BCUT2D eigenvalue weighted by molar-refractivity contribution is -0.159. The van der Waals surface area contributed by atoms with Crippen LogP contribution in [0.4, 0.5) is 0 Å². The van der Waals surface area contributed by atoms with Crippen molar-refractivity contribution >= 4 is 5.97 Å². The van der Waals surface area contributed by atoms with E-state index in [1.165, 1.54) is 44.9 Å². The van der Waals surface area contributed by atoms with Gasteiger partial charge in [-0.3, -0.25) is 4.79 Å². The molecule has 0 spiro atoms. The van der Waals surface area contributed by atoms with Crippen LogP contribution >= 0.6 is 0 Å². The second kappa shape index (κ2) is 7.78. The lowest BCUT2D eigenvalue weighted by Crippen LogP contribution is -2.46. The van der Waals surface area contributed by atoms with Gasteiger partial charge in [-0.1, -0.05) is 58.3 Å².